The average Bonchev–Trinajstić information content (AvgIpc) is 2.79. The fourth-order valence-corrected chi connectivity index (χ4v) is 7.86. The maximum Gasteiger partial charge on any atom is 0.404 e. The molecule has 1 aromatic rings. The van der Waals surface area contributed by atoms with Crippen LogP contribution in [-0.2, 0) is 16.0 Å². The number of ether oxygens (including phenoxy) is 2. The summed E-state index contributed by atoms with van der Waals surface area (Å²) in [7, 11) is 0. The molecule has 1 aromatic heterocycles. The SMILES string of the molecule is Cc1c(I)cnn1CC12CC3(C)CC(C)(C1)CC(OCCOC(N)=O)(C3)C2. The summed E-state index contributed by atoms with van der Waals surface area (Å²) in [6.07, 6.45) is 8.27. The molecule has 2 atom stereocenters. The number of nitrogens with zero attached hydrogens (tertiary/aromatic N) is 2. The molecule has 27 heavy (non-hydrogen) atoms. The summed E-state index contributed by atoms with van der Waals surface area (Å²) in [4.78, 5) is 10.8. The Hall–Kier alpha value is -0.830. The highest BCUT2D eigenvalue weighted by atomic mass is 127. The van der Waals surface area contributed by atoms with E-state index in [1.54, 1.807) is 0 Å². The number of primary amides is 1. The van der Waals surface area contributed by atoms with Gasteiger partial charge in [0.15, 0.2) is 0 Å². The third-order valence-corrected chi connectivity index (χ3v) is 7.98. The van der Waals surface area contributed by atoms with E-state index in [1.165, 1.54) is 28.5 Å². The number of halogens is 1. The van der Waals surface area contributed by atoms with Crippen molar-refractivity contribution in [2.45, 2.75) is 71.4 Å². The number of hydrogen-bond donors (Lipinski definition) is 1. The molecule has 1 heterocycles. The van der Waals surface area contributed by atoms with E-state index in [0.717, 1.165) is 25.8 Å². The Morgan fingerprint density at radius 3 is 2.41 bits per heavy atom. The average molecular weight is 487 g/mol. The molecule has 7 heteroatoms. The zero-order chi connectivity index (χ0) is 19.5. The van der Waals surface area contributed by atoms with Crippen LogP contribution in [0.5, 0.6) is 0 Å². The van der Waals surface area contributed by atoms with Crippen LogP contribution >= 0.6 is 22.6 Å². The van der Waals surface area contributed by atoms with E-state index in [9.17, 15) is 4.79 Å². The van der Waals surface area contributed by atoms with Gasteiger partial charge in [-0.15, -0.1) is 0 Å². The summed E-state index contributed by atoms with van der Waals surface area (Å²) in [5, 5.41) is 4.65. The topological polar surface area (TPSA) is 79.4 Å². The van der Waals surface area contributed by atoms with Crippen LogP contribution < -0.4 is 5.73 Å². The van der Waals surface area contributed by atoms with Crippen LogP contribution in [0.25, 0.3) is 0 Å². The number of carbonyl (C=O) groups is 1. The molecule has 0 aliphatic heterocycles. The normalized spacial score (nSPS) is 39.7. The molecule has 4 aliphatic carbocycles. The van der Waals surface area contributed by atoms with Crippen LogP contribution in [0.1, 0.15) is 58.1 Å². The highest BCUT2D eigenvalue weighted by Gasteiger charge is 2.66. The molecule has 4 bridgehead atoms. The van der Waals surface area contributed by atoms with Gasteiger partial charge in [-0.2, -0.15) is 5.10 Å². The van der Waals surface area contributed by atoms with E-state index in [1.807, 2.05) is 6.20 Å². The van der Waals surface area contributed by atoms with Gasteiger partial charge in [-0.05, 0) is 84.3 Å². The van der Waals surface area contributed by atoms with Gasteiger partial charge in [0.25, 0.3) is 0 Å². The van der Waals surface area contributed by atoms with Crippen molar-refractivity contribution >= 4 is 28.7 Å². The van der Waals surface area contributed by atoms with Crippen molar-refractivity contribution in [1.29, 1.82) is 0 Å². The molecule has 4 fully saturated rings. The molecule has 5 rings (SSSR count). The van der Waals surface area contributed by atoms with Gasteiger partial charge in [-0.3, -0.25) is 4.68 Å². The minimum Gasteiger partial charge on any atom is -0.447 e. The van der Waals surface area contributed by atoms with Crippen LogP contribution in [0.15, 0.2) is 6.20 Å². The lowest BCUT2D eigenvalue weighted by Gasteiger charge is -2.69. The zero-order valence-corrected chi connectivity index (χ0v) is 18.7. The van der Waals surface area contributed by atoms with E-state index in [-0.39, 0.29) is 17.6 Å². The summed E-state index contributed by atoms with van der Waals surface area (Å²) in [6, 6.07) is 0. The molecule has 0 saturated heterocycles. The first-order valence-corrected chi connectivity index (χ1v) is 10.9. The zero-order valence-electron chi connectivity index (χ0n) is 16.5. The van der Waals surface area contributed by atoms with Crippen molar-refractivity contribution in [3.8, 4) is 0 Å². The first-order valence-electron chi connectivity index (χ1n) is 9.80. The first kappa shape index (κ1) is 19.5. The van der Waals surface area contributed by atoms with Gasteiger partial charge in [0.05, 0.1) is 22.0 Å². The third-order valence-electron chi connectivity index (χ3n) is 6.92. The van der Waals surface area contributed by atoms with Gasteiger partial charge in [0.1, 0.15) is 6.61 Å². The predicted molar refractivity (Wildman–Crippen MR) is 110 cm³/mol. The van der Waals surface area contributed by atoms with Crippen molar-refractivity contribution < 1.29 is 14.3 Å². The Labute approximate surface area is 174 Å². The number of aromatic nitrogens is 2. The molecule has 0 aromatic carbocycles. The smallest absolute Gasteiger partial charge is 0.404 e. The standard InChI is InChI=1S/C20H30IN3O3/c1-14-15(21)6-23-24(14)13-19-8-17(2)7-18(3,9-19)11-20(10-17,12-19)27-5-4-26-16(22)25/h6H,4-5,7-13H2,1-3H3,(H2,22,25). The second kappa shape index (κ2) is 6.34. The van der Waals surface area contributed by atoms with Crippen LogP contribution in [-0.4, -0.2) is 34.7 Å². The fourth-order valence-electron chi connectivity index (χ4n) is 7.45. The molecule has 0 radical (unpaired) electrons. The Balaban J connectivity index is 1.58. The van der Waals surface area contributed by atoms with Crippen molar-refractivity contribution in [2.24, 2.45) is 22.0 Å². The molecule has 0 spiro atoms. The van der Waals surface area contributed by atoms with Gasteiger partial charge < -0.3 is 15.2 Å². The van der Waals surface area contributed by atoms with Gasteiger partial charge in [0, 0.05) is 12.2 Å². The van der Waals surface area contributed by atoms with Gasteiger partial charge in [-0.25, -0.2) is 4.79 Å². The van der Waals surface area contributed by atoms with Crippen LogP contribution in [0.3, 0.4) is 0 Å². The van der Waals surface area contributed by atoms with Crippen LogP contribution in [0.4, 0.5) is 4.79 Å². The molecule has 2 N–H and O–H groups in total. The Morgan fingerprint density at radius 1 is 1.19 bits per heavy atom. The maximum atomic E-state index is 10.8. The number of carbonyl (C=O) groups excluding carboxylic acids is 1. The Morgan fingerprint density at radius 2 is 1.85 bits per heavy atom. The monoisotopic (exact) mass is 487 g/mol. The van der Waals surface area contributed by atoms with E-state index >= 15 is 0 Å². The lowest BCUT2D eigenvalue weighted by molar-refractivity contribution is -0.249. The number of nitrogens with two attached hydrogens (primary N) is 1. The van der Waals surface area contributed by atoms with Crippen molar-refractivity contribution in [3.05, 3.63) is 15.5 Å². The van der Waals surface area contributed by atoms with E-state index < -0.39 is 6.09 Å². The quantitative estimate of drug-likeness (QED) is 0.486. The van der Waals surface area contributed by atoms with Gasteiger partial charge in [-0.1, -0.05) is 13.8 Å². The summed E-state index contributed by atoms with van der Waals surface area (Å²) < 4.78 is 14.8. The van der Waals surface area contributed by atoms with Crippen LogP contribution in [0, 0.1) is 26.7 Å². The number of amides is 1. The van der Waals surface area contributed by atoms with Crippen molar-refractivity contribution in [2.75, 3.05) is 13.2 Å². The van der Waals surface area contributed by atoms with E-state index in [2.05, 4.69) is 53.1 Å². The molecule has 1 amide bonds. The molecule has 4 saturated carbocycles. The molecule has 4 aliphatic rings. The predicted octanol–water partition coefficient (Wildman–Crippen LogP) is 4.03. The van der Waals surface area contributed by atoms with Gasteiger partial charge in [0.2, 0.25) is 0 Å². The maximum absolute atomic E-state index is 10.8. The van der Waals surface area contributed by atoms with Crippen molar-refractivity contribution in [3.63, 3.8) is 0 Å². The molecule has 150 valence electrons. The van der Waals surface area contributed by atoms with E-state index in [4.69, 9.17) is 15.2 Å². The summed E-state index contributed by atoms with van der Waals surface area (Å²) in [6.45, 7) is 8.66. The lowest BCUT2D eigenvalue weighted by Crippen LogP contribution is -2.64. The minimum atomic E-state index is -0.733. The molecular weight excluding hydrogens is 457 g/mol. The van der Waals surface area contributed by atoms with Crippen molar-refractivity contribution in [1.82, 2.24) is 9.78 Å². The Kier molecular flexibility index (Phi) is 4.57. The Bertz CT molecular complexity index is 744. The highest BCUT2D eigenvalue weighted by Crippen LogP contribution is 2.72. The second-order valence-electron chi connectivity index (χ2n) is 10.1. The molecular formula is C20H30IN3O3. The first-order chi connectivity index (χ1) is 12.6. The molecule has 2 unspecified atom stereocenters. The molecule has 6 nitrogen and oxygen atoms in total. The summed E-state index contributed by atoms with van der Waals surface area (Å²) in [5.74, 6) is 0. The third kappa shape index (κ3) is 3.61. The van der Waals surface area contributed by atoms with Gasteiger partial charge >= 0.3 is 6.09 Å². The fraction of sp³-hybridized carbons (Fsp3) is 0.800. The largest absolute Gasteiger partial charge is 0.447 e. The second-order valence-corrected chi connectivity index (χ2v) is 11.3. The lowest BCUT2D eigenvalue weighted by atomic mass is 9.39. The van der Waals surface area contributed by atoms with Crippen LogP contribution in [0.2, 0.25) is 0 Å². The number of rotatable bonds is 6. The van der Waals surface area contributed by atoms with E-state index in [0.29, 0.717) is 17.4 Å². The minimum absolute atomic E-state index is 0.118. The highest BCUT2D eigenvalue weighted by molar-refractivity contribution is 14.1. The summed E-state index contributed by atoms with van der Waals surface area (Å²) >= 11 is 2.36. The summed E-state index contributed by atoms with van der Waals surface area (Å²) in [5.41, 5.74) is 7.06. The number of hydrogen-bond acceptors (Lipinski definition) is 4.